The van der Waals surface area contributed by atoms with Crippen molar-refractivity contribution in [2.24, 2.45) is 0 Å². The van der Waals surface area contributed by atoms with E-state index in [1.54, 1.807) is 22.2 Å². The molecule has 0 saturated heterocycles. The molecule has 3 aromatic rings. The number of hydrogen-bond donors (Lipinski definition) is 1. The van der Waals surface area contributed by atoms with E-state index in [-0.39, 0.29) is 5.91 Å². The van der Waals surface area contributed by atoms with Gasteiger partial charge in [-0.3, -0.25) is 14.8 Å². The highest BCUT2D eigenvalue weighted by atomic mass is 32.1. The molecule has 6 heteroatoms. The summed E-state index contributed by atoms with van der Waals surface area (Å²) in [5.74, 6) is -0.110. The van der Waals surface area contributed by atoms with Crippen molar-refractivity contribution in [2.75, 3.05) is 5.32 Å². The molecule has 0 aliphatic heterocycles. The number of fused-ring (bicyclic) bond motifs is 1. The van der Waals surface area contributed by atoms with Gasteiger partial charge in [-0.25, -0.2) is 4.98 Å². The number of hydrogen-bond acceptors (Lipinski definition) is 4. The molecule has 1 amide bonds. The summed E-state index contributed by atoms with van der Waals surface area (Å²) in [4.78, 5) is 19.1. The van der Waals surface area contributed by atoms with Gasteiger partial charge < -0.3 is 0 Å². The lowest BCUT2D eigenvalue weighted by Gasteiger charge is -2.16. The standard InChI is InChI=1S/C20H22N4OS/c25-19(18(24-14-8-13-21-24)15-9-4-3-5-10-15)23-20-22-16-11-6-1-2-7-12-17(16)26-20/h3-5,8-10,13-14,18H,1-2,6-7,11-12H2,(H,22,23,25). The Hall–Kier alpha value is -2.47. The van der Waals surface area contributed by atoms with Gasteiger partial charge in [0.15, 0.2) is 11.2 Å². The molecule has 1 N–H and O–H groups in total. The number of carbonyl (C=O) groups excluding carboxylic acids is 1. The van der Waals surface area contributed by atoms with Crippen LogP contribution in [0.1, 0.15) is 47.9 Å². The molecule has 0 bridgehead atoms. The molecular formula is C20H22N4OS. The largest absolute Gasteiger partial charge is 0.300 e. The summed E-state index contributed by atoms with van der Waals surface area (Å²) in [6, 6.07) is 11.1. The van der Waals surface area contributed by atoms with E-state index in [1.807, 2.05) is 42.6 Å². The van der Waals surface area contributed by atoms with Gasteiger partial charge in [0.05, 0.1) is 5.69 Å². The number of anilines is 1. The normalized spacial score (nSPS) is 15.5. The van der Waals surface area contributed by atoms with Gasteiger partial charge in [-0.2, -0.15) is 5.10 Å². The summed E-state index contributed by atoms with van der Waals surface area (Å²) in [7, 11) is 0. The second kappa shape index (κ2) is 7.83. The fraction of sp³-hybridized carbons (Fsp3) is 0.350. The van der Waals surface area contributed by atoms with Crippen LogP contribution < -0.4 is 5.32 Å². The van der Waals surface area contributed by atoms with Gasteiger partial charge in [0, 0.05) is 17.3 Å². The Balaban J connectivity index is 1.58. The molecule has 2 heterocycles. The molecule has 0 fully saturated rings. The third-order valence-electron chi connectivity index (χ3n) is 4.73. The SMILES string of the molecule is O=C(Nc1nc2c(s1)CCCCCC2)C(c1ccccc1)n1cccn1. The molecule has 1 unspecified atom stereocenters. The molecule has 1 aromatic carbocycles. The van der Waals surface area contributed by atoms with E-state index in [2.05, 4.69) is 10.4 Å². The van der Waals surface area contributed by atoms with Crippen LogP contribution in [-0.4, -0.2) is 20.7 Å². The van der Waals surface area contributed by atoms with Crippen molar-refractivity contribution in [3.8, 4) is 0 Å². The summed E-state index contributed by atoms with van der Waals surface area (Å²) in [5, 5.41) is 8.02. The quantitative estimate of drug-likeness (QED) is 0.752. The van der Waals surface area contributed by atoms with Gasteiger partial charge in [-0.15, -0.1) is 11.3 Å². The summed E-state index contributed by atoms with van der Waals surface area (Å²) in [5.41, 5.74) is 2.07. The second-order valence-electron chi connectivity index (χ2n) is 6.59. The van der Waals surface area contributed by atoms with Crippen molar-refractivity contribution >= 4 is 22.4 Å². The fourth-order valence-electron chi connectivity index (χ4n) is 3.43. The van der Waals surface area contributed by atoms with E-state index in [9.17, 15) is 4.79 Å². The Kier molecular flexibility index (Phi) is 5.11. The molecule has 5 nitrogen and oxygen atoms in total. The van der Waals surface area contributed by atoms with Crippen molar-refractivity contribution in [1.29, 1.82) is 0 Å². The lowest BCUT2D eigenvalue weighted by molar-refractivity contribution is -0.118. The third kappa shape index (κ3) is 3.70. The van der Waals surface area contributed by atoms with Crippen LogP contribution in [0.5, 0.6) is 0 Å². The maximum atomic E-state index is 13.1. The zero-order valence-corrected chi connectivity index (χ0v) is 15.4. The monoisotopic (exact) mass is 366 g/mol. The smallest absolute Gasteiger partial charge is 0.255 e. The van der Waals surface area contributed by atoms with Crippen LogP contribution in [0.3, 0.4) is 0 Å². The molecule has 2 aromatic heterocycles. The predicted octanol–water partition coefficient (Wildman–Crippen LogP) is 4.23. The number of rotatable bonds is 4. The fourth-order valence-corrected chi connectivity index (χ4v) is 4.48. The number of amides is 1. The van der Waals surface area contributed by atoms with Crippen LogP contribution >= 0.6 is 11.3 Å². The van der Waals surface area contributed by atoms with E-state index in [0.29, 0.717) is 5.13 Å². The molecule has 4 rings (SSSR count). The zero-order valence-electron chi connectivity index (χ0n) is 14.6. The highest BCUT2D eigenvalue weighted by Gasteiger charge is 2.24. The molecule has 1 atom stereocenters. The van der Waals surface area contributed by atoms with Crippen LogP contribution in [0.25, 0.3) is 0 Å². The third-order valence-corrected chi connectivity index (χ3v) is 5.80. The van der Waals surface area contributed by atoms with E-state index >= 15 is 0 Å². The van der Waals surface area contributed by atoms with E-state index in [1.165, 1.54) is 36.3 Å². The molecule has 0 radical (unpaired) electrons. The summed E-state index contributed by atoms with van der Waals surface area (Å²) < 4.78 is 1.69. The summed E-state index contributed by atoms with van der Waals surface area (Å²) >= 11 is 1.62. The topological polar surface area (TPSA) is 59.8 Å². The van der Waals surface area contributed by atoms with Crippen LogP contribution in [0.2, 0.25) is 0 Å². The molecule has 0 saturated carbocycles. The minimum atomic E-state index is -0.502. The van der Waals surface area contributed by atoms with Crippen molar-refractivity contribution in [1.82, 2.24) is 14.8 Å². The van der Waals surface area contributed by atoms with Gasteiger partial charge in [0.2, 0.25) is 0 Å². The number of carbonyl (C=O) groups is 1. The molecular weight excluding hydrogens is 344 g/mol. The lowest BCUT2D eigenvalue weighted by Crippen LogP contribution is -2.27. The highest BCUT2D eigenvalue weighted by Crippen LogP contribution is 2.29. The van der Waals surface area contributed by atoms with Crippen molar-refractivity contribution < 1.29 is 4.79 Å². The lowest BCUT2D eigenvalue weighted by atomic mass is 10.0. The molecule has 0 spiro atoms. The summed E-state index contributed by atoms with van der Waals surface area (Å²) in [6.07, 6.45) is 10.6. The van der Waals surface area contributed by atoms with Crippen molar-refractivity contribution in [3.05, 3.63) is 64.9 Å². The average molecular weight is 366 g/mol. The van der Waals surface area contributed by atoms with Crippen LogP contribution in [0.4, 0.5) is 5.13 Å². The van der Waals surface area contributed by atoms with E-state index in [0.717, 1.165) is 18.4 Å². The number of nitrogens with one attached hydrogen (secondary N) is 1. The number of thiazole rings is 1. The number of aromatic nitrogens is 3. The Morgan fingerprint density at radius 1 is 1.08 bits per heavy atom. The van der Waals surface area contributed by atoms with E-state index in [4.69, 9.17) is 4.98 Å². The second-order valence-corrected chi connectivity index (χ2v) is 7.68. The van der Waals surface area contributed by atoms with Crippen LogP contribution in [-0.2, 0) is 17.6 Å². The molecule has 134 valence electrons. The Bertz CT molecular complexity index is 832. The average Bonchev–Trinajstić information content (AvgIpc) is 3.27. The Morgan fingerprint density at radius 2 is 1.88 bits per heavy atom. The number of aryl methyl sites for hydroxylation is 2. The highest BCUT2D eigenvalue weighted by molar-refractivity contribution is 7.15. The number of benzene rings is 1. The zero-order chi connectivity index (χ0) is 17.8. The van der Waals surface area contributed by atoms with E-state index < -0.39 is 6.04 Å². The Labute approximate surface area is 157 Å². The minimum Gasteiger partial charge on any atom is -0.300 e. The molecule has 1 aliphatic rings. The maximum absolute atomic E-state index is 13.1. The molecule has 1 aliphatic carbocycles. The van der Waals surface area contributed by atoms with Crippen LogP contribution in [0, 0.1) is 0 Å². The number of nitrogens with zero attached hydrogens (tertiary/aromatic N) is 3. The van der Waals surface area contributed by atoms with Gasteiger partial charge in [0.25, 0.3) is 5.91 Å². The first kappa shape index (κ1) is 17.0. The molecule has 26 heavy (non-hydrogen) atoms. The minimum absolute atomic E-state index is 0.110. The van der Waals surface area contributed by atoms with Gasteiger partial charge in [-0.05, 0) is 37.3 Å². The predicted molar refractivity (Wildman–Crippen MR) is 103 cm³/mol. The maximum Gasteiger partial charge on any atom is 0.255 e. The first-order valence-electron chi connectivity index (χ1n) is 9.15. The van der Waals surface area contributed by atoms with Gasteiger partial charge >= 0.3 is 0 Å². The van der Waals surface area contributed by atoms with Gasteiger partial charge in [-0.1, -0.05) is 43.2 Å². The first-order valence-corrected chi connectivity index (χ1v) is 9.96. The van der Waals surface area contributed by atoms with Crippen LogP contribution in [0.15, 0.2) is 48.8 Å². The first-order chi connectivity index (χ1) is 12.8. The summed E-state index contributed by atoms with van der Waals surface area (Å²) in [6.45, 7) is 0. The van der Waals surface area contributed by atoms with Crippen molar-refractivity contribution in [2.45, 2.75) is 44.6 Å². The van der Waals surface area contributed by atoms with Gasteiger partial charge in [0.1, 0.15) is 0 Å². The Morgan fingerprint density at radius 3 is 2.65 bits per heavy atom. The van der Waals surface area contributed by atoms with Crippen molar-refractivity contribution in [3.63, 3.8) is 0 Å².